The van der Waals surface area contributed by atoms with Gasteiger partial charge in [0.25, 0.3) is 0 Å². The zero-order valence-electron chi connectivity index (χ0n) is 13.9. The van der Waals surface area contributed by atoms with Gasteiger partial charge in [0.1, 0.15) is 0 Å². The first-order valence-corrected chi connectivity index (χ1v) is 8.46. The molecule has 6 nitrogen and oxygen atoms in total. The van der Waals surface area contributed by atoms with Crippen LogP contribution in [0.2, 0.25) is 0 Å². The summed E-state index contributed by atoms with van der Waals surface area (Å²) in [6.45, 7) is 3.70. The number of aryl methyl sites for hydroxylation is 1. The van der Waals surface area contributed by atoms with E-state index in [0.717, 1.165) is 25.8 Å². The molecule has 0 spiro atoms. The largest absolute Gasteiger partial charge is 0.463 e. The summed E-state index contributed by atoms with van der Waals surface area (Å²) in [6.07, 6.45) is 3.29. The number of nitrogens with one attached hydrogen (secondary N) is 2. The smallest absolute Gasteiger partial charge is 0.337 e. The minimum atomic E-state index is -0.372. The number of nitrogens with zero attached hydrogens (tertiary/aromatic N) is 1. The molecule has 6 heteroatoms. The van der Waals surface area contributed by atoms with Gasteiger partial charge < -0.3 is 20.3 Å². The van der Waals surface area contributed by atoms with Gasteiger partial charge in [-0.05, 0) is 37.8 Å². The van der Waals surface area contributed by atoms with Crippen molar-refractivity contribution < 1.29 is 14.3 Å². The minimum absolute atomic E-state index is 0.204. The molecule has 0 bridgehead atoms. The number of anilines is 1. The summed E-state index contributed by atoms with van der Waals surface area (Å²) in [5, 5.41) is 5.43. The number of carbonyl (C=O) groups is 2. The van der Waals surface area contributed by atoms with Crippen LogP contribution in [0.4, 0.5) is 10.5 Å². The van der Waals surface area contributed by atoms with E-state index < -0.39 is 0 Å². The molecular weight excluding hydrogens is 306 g/mol. The molecule has 2 heterocycles. The highest BCUT2D eigenvalue weighted by atomic mass is 16.5. The van der Waals surface area contributed by atoms with Crippen LogP contribution >= 0.6 is 0 Å². The Morgan fingerprint density at radius 1 is 1.29 bits per heavy atom. The first-order valence-electron chi connectivity index (χ1n) is 8.46. The molecular formula is C18H23N3O3. The molecule has 3 rings (SSSR count). The third-order valence-corrected chi connectivity index (χ3v) is 4.38. The van der Waals surface area contributed by atoms with Gasteiger partial charge in [-0.25, -0.2) is 9.59 Å². The van der Waals surface area contributed by atoms with Crippen LogP contribution in [0.3, 0.4) is 0 Å². The SMILES string of the molecule is CCOC(=O)C1=C(CN2CCCCc3ccccc32)NC(=O)NC1. The fourth-order valence-electron chi connectivity index (χ4n) is 3.20. The van der Waals surface area contributed by atoms with Gasteiger partial charge in [-0.1, -0.05) is 18.2 Å². The van der Waals surface area contributed by atoms with Crippen molar-refractivity contribution >= 4 is 17.7 Å². The lowest BCUT2D eigenvalue weighted by Gasteiger charge is -2.29. The average Bonchev–Trinajstić information content (AvgIpc) is 2.78. The van der Waals surface area contributed by atoms with Crippen LogP contribution in [-0.2, 0) is 16.0 Å². The summed E-state index contributed by atoms with van der Waals surface area (Å²) in [6, 6.07) is 8.06. The van der Waals surface area contributed by atoms with E-state index in [0.29, 0.717) is 24.4 Å². The van der Waals surface area contributed by atoms with Gasteiger partial charge in [0.2, 0.25) is 0 Å². The maximum absolute atomic E-state index is 12.2. The highest BCUT2D eigenvalue weighted by Crippen LogP contribution is 2.27. The molecule has 0 atom stereocenters. The number of rotatable bonds is 4. The van der Waals surface area contributed by atoms with Gasteiger partial charge in [-0.2, -0.15) is 0 Å². The predicted molar refractivity (Wildman–Crippen MR) is 91.8 cm³/mol. The zero-order chi connectivity index (χ0) is 16.9. The highest BCUT2D eigenvalue weighted by Gasteiger charge is 2.26. The number of fused-ring (bicyclic) bond motifs is 1. The number of hydrogen-bond acceptors (Lipinski definition) is 4. The Morgan fingerprint density at radius 2 is 2.12 bits per heavy atom. The Balaban J connectivity index is 1.89. The second kappa shape index (κ2) is 7.38. The van der Waals surface area contributed by atoms with E-state index in [1.54, 1.807) is 6.92 Å². The van der Waals surface area contributed by atoms with Crippen LogP contribution in [0.1, 0.15) is 25.3 Å². The summed E-state index contributed by atoms with van der Waals surface area (Å²) in [4.78, 5) is 26.1. The second-order valence-corrected chi connectivity index (χ2v) is 5.99. The summed E-state index contributed by atoms with van der Waals surface area (Å²) in [7, 11) is 0. The maximum atomic E-state index is 12.2. The Kier molecular flexibility index (Phi) is 5.03. The third-order valence-electron chi connectivity index (χ3n) is 4.38. The third kappa shape index (κ3) is 3.53. The number of hydrogen-bond donors (Lipinski definition) is 2. The van der Waals surface area contributed by atoms with Crippen LogP contribution in [0, 0.1) is 0 Å². The maximum Gasteiger partial charge on any atom is 0.337 e. The molecule has 1 aromatic rings. The lowest BCUT2D eigenvalue weighted by molar-refractivity contribution is -0.138. The van der Waals surface area contributed by atoms with Gasteiger partial charge in [0.15, 0.2) is 0 Å². The van der Waals surface area contributed by atoms with Gasteiger partial charge >= 0.3 is 12.0 Å². The Bertz CT molecular complexity index is 669. The number of benzene rings is 1. The van der Waals surface area contributed by atoms with E-state index in [4.69, 9.17) is 4.74 Å². The topological polar surface area (TPSA) is 70.7 Å². The summed E-state index contributed by atoms with van der Waals surface area (Å²) in [5.74, 6) is -0.372. The Labute approximate surface area is 141 Å². The van der Waals surface area contributed by atoms with Crippen molar-refractivity contribution in [3.8, 4) is 0 Å². The molecule has 1 aromatic carbocycles. The van der Waals surface area contributed by atoms with Gasteiger partial charge in [-0.3, -0.25) is 0 Å². The number of ether oxygens (including phenoxy) is 1. The van der Waals surface area contributed by atoms with Crippen LogP contribution in [-0.4, -0.2) is 38.2 Å². The second-order valence-electron chi connectivity index (χ2n) is 5.99. The normalized spacial score (nSPS) is 17.5. The van der Waals surface area contributed by atoms with E-state index in [1.807, 2.05) is 6.07 Å². The van der Waals surface area contributed by atoms with Crippen molar-refractivity contribution in [3.63, 3.8) is 0 Å². The first kappa shape index (κ1) is 16.4. The van der Waals surface area contributed by atoms with Gasteiger partial charge in [0, 0.05) is 12.2 Å². The van der Waals surface area contributed by atoms with E-state index in [-0.39, 0.29) is 18.5 Å². The van der Waals surface area contributed by atoms with Crippen LogP contribution < -0.4 is 15.5 Å². The zero-order valence-corrected chi connectivity index (χ0v) is 13.9. The van der Waals surface area contributed by atoms with Crippen molar-refractivity contribution in [2.24, 2.45) is 0 Å². The molecule has 0 unspecified atom stereocenters. The number of amides is 2. The molecule has 0 aromatic heterocycles. The predicted octanol–water partition coefficient (Wildman–Crippen LogP) is 1.96. The lowest BCUT2D eigenvalue weighted by Crippen LogP contribution is -2.47. The monoisotopic (exact) mass is 329 g/mol. The minimum Gasteiger partial charge on any atom is -0.463 e. The van der Waals surface area contributed by atoms with Crippen molar-refractivity contribution in [1.29, 1.82) is 0 Å². The van der Waals surface area contributed by atoms with Gasteiger partial charge in [0.05, 0.1) is 31.0 Å². The summed E-state index contributed by atoms with van der Waals surface area (Å²) in [5.41, 5.74) is 3.62. The van der Waals surface area contributed by atoms with Crippen molar-refractivity contribution in [2.75, 3.05) is 31.1 Å². The number of esters is 1. The molecule has 2 N–H and O–H groups in total. The molecule has 0 saturated carbocycles. The fourth-order valence-corrected chi connectivity index (χ4v) is 3.20. The van der Waals surface area contributed by atoms with Crippen molar-refractivity contribution in [3.05, 3.63) is 41.1 Å². The standard InChI is InChI=1S/C18H23N3O3/c1-2-24-17(22)14-11-19-18(23)20-15(14)12-21-10-6-5-8-13-7-3-4-9-16(13)21/h3-4,7,9H,2,5-6,8,10-12H2,1H3,(H2,19,20,23). The summed E-state index contributed by atoms with van der Waals surface area (Å²) < 4.78 is 5.12. The van der Waals surface area contributed by atoms with Gasteiger partial charge in [-0.15, -0.1) is 0 Å². The molecule has 2 amide bonds. The van der Waals surface area contributed by atoms with E-state index in [9.17, 15) is 9.59 Å². The first-order chi connectivity index (χ1) is 11.7. The summed E-state index contributed by atoms with van der Waals surface area (Å²) >= 11 is 0. The Hall–Kier alpha value is -2.50. The van der Waals surface area contributed by atoms with Crippen molar-refractivity contribution in [1.82, 2.24) is 10.6 Å². The molecule has 2 aliphatic heterocycles. The molecule has 0 aliphatic carbocycles. The fraction of sp³-hybridized carbons (Fsp3) is 0.444. The van der Waals surface area contributed by atoms with E-state index >= 15 is 0 Å². The highest BCUT2D eigenvalue weighted by molar-refractivity contribution is 5.93. The molecule has 0 fully saturated rings. The molecule has 0 radical (unpaired) electrons. The Morgan fingerprint density at radius 3 is 2.96 bits per heavy atom. The van der Waals surface area contributed by atoms with Crippen molar-refractivity contribution in [2.45, 2.75) is 26.2 Å². The lowest BCUT2D eigenvalue weighted by atomic mass is 10.1. The molecule has 0 saturated heterocycles. The van der Waals surface area contributed by atoms with Crippen LogP contribution in [0.25, 0.3) is 0 Å². The number of urea groups is 1. The molecule has 128 valence electrons. The number of carbonyl (C=O) groups excluding carboxylic acids is 2. The number of para-hydroxylation sites is 1. The van der Waals surface area contributed by atoms with Crippen LogP contribution in [0.5, 0.6) is 0 Å². The molecule has 24 heavy (non-hydrogen) atoms. The average molecular weight is 329 g/mol. The molecule has 2 aliphatic rings. The quantitative estimate of drug-likeness (QED) is 0.829. The van der Waals surface area contributed by atoms with E-state index in [2.05, 4.69) is 33.7 Å². The van der Waals surface area contributed by atoms with E-state index in [1.165, 1.54) is 11.3 Å². The van der Waals surface area contributed by atoms with Crippen LogP contribution in [0.15, 0.2) is 35.5 Å².